The Kier molecular flexibility index (Phi) is 7.72. The van der Waals surface area contributed by atoms with Crippen molar-refractivity contribution in [2.24, 2.45) is 10.9 Å². The second-order valence-electron chi connectivity index (χ2n) is 5.68. The summed E-state index contributed by atoms with van der Waals surface area (Å²) in [6.07, 6.45) is 0.694. The molecule has 1 aliphatic rings. The molecule has 130 valence electrons. The Morgan fingerprint density at radius 2 is 2.22 bits per heavy atom. The Morgan fingerprint density at radius 3 is 2.78 bits per heavy atom. The first kappa shape index (κ1) is 20.1. The van der Waals surface area contributed by atoms with E-state index in [1.807, 2.05) is 18.0 Å². The number of benzene rings is 1. The van der Waals surface area contributed by atoms with Gasteiger partial charge in [0.05, 0.1) is 11.5 Å². The van der Waals surface area contributed by atoms with Gasteiger partial charge in [0.2, 0.25) is 0 Å². The average molecular weight is 455 g/mol. The highest BCUT2D eigenvalue weighted by molar-refractivity contribution is 14.0. The number of aliphatic imine (C=N–C) groups is 1. The van der Waals surface area contributed by atoms with Gasteiger partial charge in [-0.3, -0.25) is 4.99 Å². The number of nitrogens with one attached hydrogen (secondary N) is 1. The number of nitrogens with zero attached hydrogens (tertiary/aromatic N) is 2. The second kappa shape index (κ2) is 8.81. The topological polar surface area (TPSA) is 61.8 Å². The smallest absolute Gasteiger partial charge is 0.193 e. The Morgan fingerprint density at radius 1 is 1.48 bits per heavy atom. The molecule has 0 saturated carbocycles. The van der Waals surface area contributed by atoms with Gasteiger partial charge >= 0.3 is 0 Å². The fourth-order valence-corrected chi connectivity index (χ4v) is 4.50. The van der Waals surface area contributed by atoms with E-state index in [1.54, 1.807) is 13.1 Å². The van der Waals surface area contributed by atoms with E-state index in [0.29, 0.717) is 25.5 Å². The molecule has 5 nitrogen and oxygen atoms in total. The minimum atomic E-state index is -2.86. The first-order valence-corrected chi connectivity index (χ1v) is 9.08. The molecule has 1 aromatic carbocycles. The first-order valence-electron chi connectivity index (χ1n) is 7.26. The summed E-state index contributed by atoms with van der Waals surface area (Å²) in [7, 11) is 0.684. The maximum absolute atomic E-state index is 13.2. The molecule has 23 heavy (non-hydrogen) atoms. The van der Waals surface area contributed by atoms with Gasteiger partial charge in [0, 0.05) is 27.2 Å². The van der Waals surface area contributed by atoms with Crippen molar-refractivity contribution in [3.8, 4) is 0 Å². The standard InChI is InChI=1S/C15H22FN3O2S.HI/c1-17-15(18-9-13-6-7-22(20,21)11-13)19(2)10-12-4-3-5-14(16)8-12;/h3-5,8,13H,6-7,9-11H2,1-2H3,(H,17,18);1H. The summed E-state index contributed by atoms with van der Waals surface area (Å²) in [5, 5.41) is 3.20. The molecular weight excluding hydrogens is 432 g/mol. The van der Waals surface area contributed by atoms with Crippen LogP contribution < -0.4 is 5.32 Å². The maximum Gasteiger partial charge on any atom is 0.193 e. The molecule has 0 aliphatic carbocycles. The van der Waals surface area contributed by atoms with Crippen LogP contribution in [0.1, 0.15) is 12.0 Å². The van der Waals surface area contributed by atoms with Gasteiger partial charge in [0.25, 0.3) is 0 Å². The van der Waals surface area contributed by atoms with Gasteiger partial charge in [0.1, 0.15) is 5.82 Å². The molecule has 1 aromatic rings. The van der Waals surface area contributed by atoms with Crippen LogP contribution in [0.4, 0.5) is 4.39 Å². The lowest BCUT2D eigenvalue weighted by Gasteiger charge is -2.23. The third-order valence-corrected chi connectivity index (χ3v) is 5.59. The molecule has 1 aliphatic heterocycles. The van der Waals surface area contributed by atoms with Crippen molar-refractivity contribution in [1.82, 2.24) is 10.2 Å². The Labute approximate surface area is 154 Å². The highest BCUT2D eigenvalue weighted by Gasteiger charge is 2.27. The second-order valence-corrected chi connectivity index (χ2v) is 7.91. The van der Waals surface area contributed by atoms with Gasteiger partial charge in [-0.2, -0.15) is 0 Å². The van der Waals surface area contributed by atoms with Crippen LogP contribution in [0.3, 0.4) is 0 Å². The van der Waals surface area contributed by atoms with E-state index in [9.17, 15) is 12.8 Å². The van der Waals surface area contributed by atoms with Gasteiger partial charge in [-0.1, -0.05) is 12.1 Å². The number of hydrogen-bond acceptors (Lipinski definition) is 3. The molecule has 1 N–H and O–H groups in total. The summed E-state index contributed by atoms with van der Waals surface area (Å²) < 4.78 is 36.1. The highest BCUT2D eigenvalue weighted by atomic mass is 127. The van der Waals surface area contributed by atoms with Gasteiger partial charge in [-0.15, -0.1) is 24.0 Å². The third kappa shape index (κ3) is 6.25. The fraction of sp³-hybridized carbons (Fsp3) is 0.533. The van der Waals surface area contributed by atoms with E-state index in [-0.39, 0.29) is 47.2 Å². The number of hydrogen-bond donors (Lipinski definition) is 1. The Balaban J connectivity index is 0.00000264. The fourth-order valence-electron chi connectivity index (χ4n) is 2.64. The molecule has 1 fully saturated rings. The quantitative estimate of drug-likeness (QED) is 0.428. The monoisotopic (exact) mass is 455 g/mol. The zero-order valence-electron chi connectivity index (χ0n) is 13.3. The van der Waals surface area contributed by atoms with E-state index in [2.05, 4.69) is 10.3 Å². The minimum absolute atomic E-state index is 0. The van der Waals surface area contributed by atoms with E-state index >= 15 is 0 Å². The molecule has 2 rings (SSSR count). The first-order chi connectivity index (χ1) is 10.4. The van der Waals surface area contributed by atoms with Crippen LogP contribution in [0.2, 0.25) is 0 Å². The maximum atomic E-state index is 13.2. The molecule has 0 radical (unpaired) electrons. The number of sulfone groups is 1. The molecule has 0 amide bonds. The molecule has 1 atom stereocenters. The van der Waals surface area contributed by atoms with Crippen LogP contribution in [0.5, 0.6) is 0 Å². The summed E-state index contributed by atoms with van der Waals surface area (Å²) in [4.78, 5) is 6.08. The lowest BCUT2D eigenvalue weighted by Crippen LogP contribution is -2.40. The van der Waals surface area contributed by atoms with Crippen molar-refractivity contribution < 1.29 is 12.8 Å². The molecule has 1 saturated heterocycles. The van der Waals surface area contributed by atoms with E-state index < -0.39 is 9.84 Å². The van der Waals surface area contributed by atoms with Crippen LogP contribution in [0.25, 0.3) is 0 Å². The average Bonchev–Trinajstić information content (AvgIpc) is 2.79. The minimum Gasteiger partial charge on any atom is -0.356 e. The van der Waals surface area contributed by atoms with E-state index in [1.165, 1.54) is 12.1 Å². The predicted octanol–water partition coefficient (Wildman–Crippen LogP) is 1.89. The zero-order valence-corrected chi connectivity index (χ0v) is 16.5. The molecule has 0 spiro atoms. The summed E-state index contributed by atoms with van der Waals surface area (Å²) in [5.74, 6) is 1.06. The summed E-state index contributed by atoms with van der Waals surface area (Å²) >= 11 is 0. The van der Waals surface area contributed by atoms with Crippen LogP contribution in [0, 0.1) is 11.7 Å². The van der Waals surface area contributed by atoms with Crippen molar-refractivity contribution in [2.75, 3.05) is 32.1 Å². The number of rotatable bonds is 4. The summed E-state index contributed by atoms with van der Waals surface area (Å²) in [5.41, 5.74) is 0.855. The Hall–Kier alpha value is -0.900. The van der Waals surface area contributed by atoms with Crippen molar-refractivity contribution in [2.45, 2.75) is 13.0 Å². The molecule has 1 unspecified atom stereocenters. The lowest BCUT2D eigenvalue weighted by molar-refractivity contribution is 0.462. The zero-order chi connectivity index (χ0) is 16.2. The molecule has 0 bridgehead atoms. The van der Waals surface area contributed by atoms with Crippen LogP contribution in [-0.2, 0) is 16.4 Å². The SMILES string of the molecule is CN=C(NCC1CCS(=O)(=O)C1)N(C)Cc1cccc(F)c1.I. The molecule has 1 heterocycles. The lowest BCUT2D eigenvalue weighted by atomic mass is 10.1. The third-order valence-electron chi connectivity index (χ3n) is 3.76. The van der Waals surface area contributed by atoms with Gasteiger partial charge < -0.3 is 10.2 Å². The largest absolute Gasteiger partial charge is 0.356 e. The highest BCUT2D eigenvalue weighted by Crippen LogP contribution is 2.17. The molecule has 0 aromatic heterocycles. The van der Waals surface area contributed by atoms with Crippen LogP contribution in [0.15, 0.2) is 29.3 Å². The van der Waals surface area contributed by atoms with Crippen LogP contribution in [-0.4, -0.2) is 51.4 Å². The van der Waals surface area contributed by atoms with Gasteiger partial charge in [0.15, 0.2) is 15.8 Å². The molecular formula is C15H23FIN3O2S. The van der Waals surface area contributed by atoms with E-state index in [0.717, 1.165) is 5.56 Å². The van der Waals surface area contributed by atoms with Crippen molar-refractivity contribution >= 4 is 39.8 Å². The van der Waals surface area contributed by atoms with Crippen molar-refractivity contribution in [1.29, 1.82) is 0 Å². The normalized spacial score (nSPS) is 20.0. The predicted molar refractivity (Wildman–Crippen MR) is 101 cm³/mol. The van der Waals surface area contributed by atoms with Crippen LogP contribution >= 0.6 is 24.0 Å². The summed E-state index contributed by atoms with van der Waals surface area (Å²) in [6.45, 7) is 1.11. The van der Waals surface area contributed by atoms with Gasteiger partial charge in [-0.25, -0.2) is 12.8 Å². The number of guanidine groups is 1. The Bertz CT molecular complexity index is 652. The van der Waals surface area contributed by atoms with Crippen molar-refractivity contribution in [3.05, 3.63) is 35.6 Å². The summed E-state index contributed by atoms with van der Waals surface area (Å²) in [6, 6.07) is 6.44. The van der Waals surface area contributed by atoms with Gasteiger partial charge in [-0.05, 0) is 30.0 Å². The molecule has 8 heteroatoms. The van der Waals surface area contributed by atoms with Crippen molar-refractivity contribution in [3.63, 3.8) is 0 Å². The number of halogens is 2. The van der Waals surface area contributed by atoms with E-state index in [4.69, 9.17) is 0 Å².